The Kier molecular flexibility index (Phi) is 6.88. The molecule has 0 fully saturated rings. The first-order chi connectivity index (χ1) is 15.1. The number of nitrogens with one attached hydrogen (secondary N) is 1. The van der Waals surface area contributed by atoms with E-state index in [2.05, 4.69) is 4.72 Å². The van der Waals surface area contributed by atoms with Crippen LogP contribution < -0.4 is 4.72 Å². The topological polar surface area (TPSA) is 83.5 Å². The minimum atomic E-state index is -4.81. The lowest BCUT2D eigenvalue weighted by Crippen LogP contribution is -2.19. The molecule has 9 heteroatoms. The maximum Gasteiger partial charge on any atom is 0.417 e. The second-order valence-corrected chi connectivity index (χ2v) is 8.77. The van der Waals surface area contributed by atoms with Crippen molar-refractivity contribution in [3.05, 3.63) is 95.1 Å². The lowest BCUT2D eigenvalue weighted by atomic mass is 10.0. The number of hydrogen-bond acceptors (Lipinski definition) is 3. The highest BCUT2D eigenvalue weighted by molar-refractivity contribution is 7.92. The minimum Gasteiger partial charge on any atom is -0.478 e. The molecule has 0 bridgehead atoms. The van der Waals surface area contributed by atoms with Crippen molar-refractivity contribution in [2.24, 2.45) is 0 Å². The number of benzene rings is 3. The Labute approximate surface area is 183 Å². The molecule has 3 rings (SSSR count). The molecule has 0 amide bonds. The fraction of sp³-hybridized carbons (Fsp3) is 0.174. The summed E-state index contributed by atoms with van der Waals surface area (Å²) < 4.78 is 67.6. The lowest BCUT2D eigenvalue weighted by Gasteiger charge is -2.16. The van der Waals surface area contributed by atoms with Gasteiger partial charge >= 0.3 is 12.1 Å². The van der Waals surface area contributed by atoms with E-state index in [4.69, 9.17) is 5.11 Å². The van der Waals surface area contributed by atoms with Gasteiger partial charge < -0.3 is 5.11 Å². The molecule has 168 valence electrons. The average molecular weight is 463 g/mol. The third kappa shape index (κ3) is 5.67. The number of halogens is 3. The minimum absolute atomic E-state index is 0.180. The first-order valence-electron chi connectivity index (χ1n) is 9.67. The van der Waals surface area contributed by atoms with Crippen molar-refractivity contribution in [3.63, 3.8) is 0 Å². The number of alkyl halides is 3. The number of carboxylic acids is 1. The Morgan fingerprint density at radius 1 is 0.906 bits per heavy atom. The molecular formula is C23H20F3NO4S. The number of carboxylic acid groups (broad SMARTS) is 1. The number of carbonyl (C=O) groups is 1. The molecule has 0 aliphatic rings. The molecule has 0 spiro atoms. The van der Waals surface area contributed by atoms with Crippen LogP contribution in [-0.2, 0) is 29.0 Å². The van der Waals surface area contributed by atoms with Gasteiger partial charge in [0.1, 0.15) is 0 Å². The number of aromatic carboxylic acids is 1. The van der Waals surface area contributed by atoms with E-state index in [9.17, 15) is 26.4 Å². The van der Waals surface area contributed by atoms with Crippen LogP contribution in [-0.4, -0.2) is 19.5 Å². The summed E-state index contributed by atoms with van der Waals surface area (Å²) in [5, 5.41) is 9.09. The number of anilines is 1. The zero-order valence-corrected chi connectivity index (χ0v) is 17.6. The molecule has 0 aliphatic carbocycles. The monoisotopic (exact) mass is 463 g/mol. The van der Waals surface area contributed by atoms with Crippen molar-refractivity contribution in [2.45, 2.75) is 30.3 Å². The lowest BCUT2D eigenvalue weighted by molar-refractivity contribution is -0.139. The van der Waals surface area contributed by atoms with Crippen LogP contribution in [0.3, 0.4) is 0 Å². The van der Waals surface area contributed by atoms with Gasteiger partial charge in [-0.2, -0.15) is 13.2 Å². The van der Waals surface area contributed by atoms with E-state index in [1.165, 1.54) is 18.2 Å². The number of rotatable bonds is 8. The second kappa shape index (κ2) is 9.44. The summed E-state index contributed by atoms with van der Waals surface area (Å²) in [6.45, 7) is 0. The van der Waals surface area contributed by atoms with Gasteiger partial charge in [0.15, 0.2) is 0 Å². The number of para-hydroxylation sites is 1. The number of aryl methyl sites for hydroxylation is 2. The van der Waals surface area contributed by atoms with Gasteiger partial charge in [-0.05, 0) is 60.7 Å². The van der Waals surface area contributed by atoms with E-state index in [1.807, 2.05) is 0 Å². The zero-order valence-electron chi connectivity index (χ0n) is 16.8. The number of hydrogen-bond donors (Lipinski definition) is 2. The van der Waals surface area contributed by atoms with Gasteiger partial charge in [0.25, 0.3) is 10.0 Å². The highest BCUT2D eigenvalue weighted by atomic mass is 32.2. The molecule has 0 aliphatic heterocycles. The maximum atomic E-state index is 13.3. The van der Waals surface area contributed by atoms with Crippen LogP contribution in [0, 0.1) is 0 Å². The largest absolute Gasteiger partial charge is 0.478 e. The summed E-state index contributed by atoms with van der Waals surface area (Å²) >= 11 is 0. The third-order valence-corrected chi connectivity index (χ3v) is 6.25. The van der Waals surface area contributed by atoms with Crippen molar-refractivity contribution in [1.29, 1.82) is 0 Å². The molecule has 3 aromatic carbocycles. The Hall–Kier alpha value is -3.33. The van der Waals surface area contributed by atoms with E-state index in [-0.39, 0.29) is 11.3 Å². The summed E-state index contributed by atoms with van der Waals surface area (Å²) in [5.41, 5.74) is 0.586. The molecule has 3 aromatic rings. The van der Waals surface area contributed by atoms with Crippen molar-refractivity contribution >= 4 is 21.7 Å². The SMILES string of the molecule is O=C(O)c1cccc(CCCc2ccccc2NS(=O)(=O)c2ccccc2C(F)(F)F)c1. The molecule has 0 saturated heterocycles. The zero-order chi connectivity index (χ0) is 23.4. The van der Waals surface area contributed by atoms with E-state index in [1.54, 1.807) is 36.4 Å². The van der Waals surface area contributed by atoms with Crippen LogP contribution in [0.5, 0.6) is 0 Å². The summed E-state index contributed by atoms with van der Waals surface area (Å²) in [7, 11) is -4.48. The predicted octanol–water partition coefficient (Wildman–Crippen LogP) is 5.38. The third-order valence-electron chi connectivity index (χ3n) is 4.83. The fourth-order valence-electron chi connectivity index (χ4n) is 3.32. The highest BCUT2D eigenvalue weighted by Gasteiger charge is 2.37. The molecule has 0 aromatic heterocycles. The molecule has 0 saturated carbocycles. The smallest absolute Gasteiger partial charge is 0.417 e. The average Bonchev–Trinajstić information content (AvgIpc) is 2.74. The van der Waals surface area contributed by atoms with Crippen molar-refractivity contribution in [3.8, 4) is 0 Å². The summed E-state index contributed by atoms with van der Waals surface area (Å²) in [4.78, 5) is 10.3. The Morgan fingerprint density at radius 3 is 2.31 bits per heavy atom. The van der Waals surface area contributed by atoms with Crippen molar-refractivity contribution < 1.29 is 31.5 Å². The Balaban J connectivity index is 1.78. The van der Waals surface area contributed by atoms with E-state index < -0.39 is 32.6 Å². The van der Waals surface area contributed by atoms with Crippen LogP contribution in [0.25, 0.3) is 0 Å². The van der Waals surface area contributed by atoms with Gasteiger partial charge in [-0.25, -0.2) is 13.2 Å². The van der Waals surface area contributed by atoms with Crippen molar-refractivity contribution in [2.75, 3.05) is 4.72 Å². The first-order valence-corrected chi connectivity index (χ1v) is 11.2. The highest BCUT2D eigenvalue weighted by Crippen LogP contribution is 2.35. The van der Waals surface area contributed by atoms with Gasteiger partial charge in [-0.3, -0.25) is 4.72 Å². The Bertz CT molecular complexity index is 1220. The van der Waals surface area contributed by atoms with E-state index >= 15 is 0 Å². The summed E-state index contributed by atoms with van der Waals surface area (Å²) in [5.74, 6) is -1.02. The fourth-order valence-corrected chi connectivity index (χ4v) is 4.65. The van der Waals surface area contributed by atoms with Crippen LogP contribution in [0.4, 0.5) is 18.9 Å². The molecule has 32 heavy (non-hydrogen) atoms. The first kappa shape index (κ1) is 23.3. The van der Waals surface area contributed by atoms with E-state index in [0.717, 1.165) is 23.8 Å². The van der Waals surface area contributed by atoms with Crippen LogP contribution >= 0.6 is 0 Å². The van der Waals surface area contributed by atoms with Crippen LogP contribution in [0.2, 0.25) is 0 Å². The van der Waals surface area contributed by atoms with Gasteiger partial charge in [0.2, 0.25) is 0 Å². The quantitative estimate of drug-likeness (QED) is 0.470. The molecule has 2 N–H and O–H groups in total. The maximum absolute atomic E-state index is 13.3. The standard InChI is InChI=1S/C23H20F3NO4S/c24-23(25,26)19-12-2-4-14-21(19)32(30,31)27-20-13-3-1-9-17(20)10-5-7-16-8-6-11-18(15-16)22(28)29/h1-4,6,8-9,11-15,27H,5,7,10H2,(H,28,29). The molecule has 0 radical (unpaired) electrons. The predicted molar refractivity (Wildman–Crippen MR) is 114 cm³/mol. The summed E-state index contributed by atoms with van der Waals surface area (Å²) in [6, 6.07) is 17.0. The Morgan fingerprint density at radius 2 is 1.59 bits per heavy atom. The normalized spacial score (nSPS) is 11.8. The van der Waals surface area contributed by atoms with Gasteiger partial charge in [0.05, 0.1) is 21.7 Å². The molecule has 0 unspecified atom stereocenters. The van der Waals surface area contributed by atoms with Crippen molar-refractivity contribution in [1.82, 2.24) is 0 Å². The molecule has 0 heterocycles. The van der Waals surface area contributed by atoms with Gasteiger partial charge in [0, 0.05) is 0 Å². The second-order valence-electron chi connectivity index (χ2n) is 7.12. The van der Waals surface area contributed by atoms with Crippen LogP contribution in [0.1, 0.15) is 33.5 Å². The molecular weight excluding hydrogens is 443 g/mol. The number of sulfonamides is 1. The van der Waals surface area contributed by atoms with E-state index in [0.29, 0.717) is 24.8 Å². The molecule has 5 nitrogen and oxygen atoms in total. The van der Waals surface area contributed by atoms with Gasteiger partial charge in [-0.1, -0.05) is 42.5 Å². The summed E-state index contributed by atoms with van der Waals surface area (Å²) in [6.07, 6.45) is -3.23. The van der Waals surface area contributed by atoms with Crippen LogP contribution in [0.15, 0.2) is 77.7 Å². The molecule has 0 atom stereocenters. The van der Waals surface area contributed by atoms with Gasteiger partial charge in [-0.15, -0.1) is 0 Å².